The van der Waals surface area contributed by atoms with E-state index in [4.69, 9.17) is 0 Å². The second kappa shape index (κ2) is 5.49. The van der Waals surface area contributed by atoms with E-state index in [0.29, 0.717) is 17.4 Å². The molecule has 2 saturated heterocycles. The fraction of sp³-hybridized carbons (Fsp3) is 0.625. The van der Waals surface area contributed by atoms with Gasteiger partial charge < -0.3 is 5.32 Å². The van der Waals surface area contributed by atoms with Crippen molar-refractivity contribution in [2.75, 3.05) is 24.6 Å². The number of hydrogen-bond acceptors (Lipinski definition) is 3. The Morgan fingerprint density at radius 3 is 2.50 bits per heavy atom. The first-order chi connectivity index (χ1) is 9.60. The number of benzene rings is 1. The van der Waals surface area contributed by atoms with Crippen molar-refractivity contribution in [3.05, 3.63) is 35.9 Å². The summed E-state index contributed by atoms with van der Waals surface area (Å²) in [5, 5.41) is 3.36. The number of sulfone groups is 1. The Hall–Kier alpha value is -0.870. The molecule has 1 unspecified atom stereocenters. The first-order valence-corrected chi connectivity index (χ1v) is 9.37. The molecule has 110 valence electrons. The van der Waals surface area contributed by atoms with Crippen molar-refractivity contribution < 1.29 is 8.42 Å². The maximum atomic E-state index is 11.7. The highest BCUT2D eigenvalue weighted by molar-refractivity contribution is 7.91. The lowest BCUT2D eigenvalue weighted by molar-refractivity contribution is 0.0782. The lowest BCUT2D eigenvalue weighted by atomic mass is 9.67. The normalized spacial score (nSPS) is 27.1. The van der Waals surface area contributed by atoms with Crippen molar-refractivity contribution in [3.8, 4) is 0 Å². The van der Waals surface area contributed by atoms with E-state index in [1.165, 1.54) is 5.56 Å². The molecule has 1 atom stereocenters. The van der Waals surface area contributed by atoms with E-state index in [1.54, 1.807) is 0 Å². The molecule has 20 heavy (non-hydrogen) atoms. The van der Waals surface area contributed by atoms with Crippen LogP contribution in [0.2, 0.25) is 0 Å². The van der Waals surface area contributed by atoms with Gasteiger partial charge >= 0.3 is 0 Å². The van der Waals surface area contributed by atoms with Gasteiger partial charge in [-0.1, -0.05) is 30.3 Å². The molecule has 1 N–H and O–H groups in total. The number of nitrogens with one attached hydrogen (secondary N) is 1. The molecule has 1 aromatic carbocycles. The second-order valence-corrected chi connectivity index (χ2v) is 8.63. The van der Waals surface area contributed by atoms with Gasteiger partial charge in [0.25, 0.3) is 0 Å². The van der Waals surface area contributed by atoms with Gasteiger partial charge in [-0.05, 0) is 42.6 Å². The van der Waals surface area contributed by atoms with E-state index >= 15 is 0 Å². The minimum atomic E-state index is -2.76. The van der Waals surface area contributed by atoms with Gasteiger partial charge in [-0.2, -0.15) is 0 Å². The molecule has 4 heteroatoms. The SMILES string of the molecule is O=S1(=O)CCC(C2(CCCc3ccccc3)CNC2)C1. The summed E-state index contributed by atoms with van der Waals surface area (Å²) in [5.74, 6) is 1.20. The van der Waals surface area contributed by atoms with Gasteiger partial charge in [-0.25, -0.2) is 8.42 Å². The van der Waals surface area contributed by atoms with E-state index in [2.05, 4.69) is 29.6 Å². The molecule has 2 aliphatic heterocycles. The number of hydrogen-bond donors (Lipinski definition) is 1. The number of rotatable bonds is 5. The molecule has 3 rings (SSSR count). The van der Waals surface area contributed by atoms with Crippen molar-refractivity contribution in [2.45, 2.75) is 25.7 Å². The monoisotopic (exact) mass is 293 g/mol. The van der Waals surface area contributed by atoms with Gasteiger partial charge in [-0.3, -0.25) is 0 Å². The highest BCUT2D eigenvalue weighted by Crippen LogP contribution is 2.42. The van der Waals surface area contributed by atoms with Crippen LogP contribution >= 0.6 is 0 Å². The molecule has 3 nitrogen and oxygen atoms in total. The van der Waals surface area contributed by atoms with Gasteiger partial charge in [0.2, 0.25) is 0 Å². The summed E-state index contributed by atoms with van der Waals surface area (Å²) in [7, 11) is -2.76. The Balaban J connectivity index is 1.57. The second-order valence-electron chi connectivity index (χ2n) is 6.41. The van der Waals surface area contributed by atoms with Crippen molar-refractivity contribution in [3.63, 3.8) is 0 Å². The fourth-order valence-corrected chi connectivity index (χ4v) is 5.63. The van der Waals surface area contributed by atoms with Crippen LogP contribution in [-0.4, -0.2) is 33.0 Å². The third kappa shape index (κ3) is 2.91. The average molecular weight is 293 g/mol. The summed E-state index contributed by atoms with van der Waals surface area (Å²) in [5.41, 5.74) is 1.63. The third-order valence-corrected chi connectivity index (χ3v) is 6.80. The van der Waals surface area contributed by atoms with Crippen molar-refractivity contribution in [1.82, 2.24) is 5.32 Å². The molecule has 0 aromatic heterocycles. The van der Waals surface area contributed by atoms with Crippen molar-refractivity contribution >= 4 is 9.84 Å². The molecule has 0 saturated carbocycles. The van der Waals surface area contributed by atoms with E-state index in [1.807, 2.05) is 6.07 Å². The van der Waals surface area contributed by atoms with Crippen LogP contribution < -0.4 is 5.32 Å². The predicted octanol–water partition coefficient (Wildman–Crippen LogP) is 2.03. The molecule has 2 fully saturated rings. The van der Waals surface area contributed by atoms with Crippen LogP contribution in [0.4, 0.5) is 0 Å². The Bertz CT molecular complexity index is 549. The zero-order valence-electron chi connectivity index (χ0n) is 11.8. The first kappa shape index (κ1) is 14.1. The van der Waals surface area contributed by atoms with Gasteiger partial charge in [0.15, 0.2) is 9.84 Å². The summed E-state index contributed by atoms with van der Waals surface area (Å²) in [6.45, 7) is 2.00. The van der Waals surface area contributed by atoms with Gasteiger partial charge in [-0.15, -0.1) is 0 Å². The van der Waals surface area contributed by atoms with Gasteiger partial charge in [0.05, 0.1) is 11.5 Å². The molecular formula is C16H23NO2S. The van der Waals surface area contributed by atoms with E-state index in [9.17, 15) is 8.42 Å². The van der Waals surface area contributed by atoms with Crippen LogP contribution in [0.15, 0.2) is 30.3 Å². The van der Waals surface area contributed by atoms with E-state index in [-0.39, 0.29) is 5.41 Å². The lowest BCUT2D eigenvalue weighted by Gasteiger charge is -2.47. The van der Waals surface area contributed by atoms with Crippen LogP contribution in [-0.2, 0) is 16.3 Å². The predicted molar refractivity (Wildman–Crippen MR) is 81.4 cm³/mol. The molecule has 0 bridgehead atoms. The van der Waals surface area contributed by atoms with Crippen LogP contribution in [0.25, 0.3) is 0 Å². The van der Waals surface area contributed by atoms with Crippen LogP contribution in [0.3, 0.4) is 0 Å². The van der Waals surface area contributed by atoms with Gasteiger partial charge in [0.1, 0.15) is 0 Å². The minimum absolute atomic E-state index is 0.248. The third-order valence-electron chi connectivity index (χ3n) is 5.04. The van der Waals surface area contributed by atoms with Crippen molar-refractivity contribution in [1.29, 1.82) is 0 Å². The van der Waals surface area contributed by atoms with Crippen LogP contribution in [0.1, 0.15) is 24.8 Å². The maximum absolute atomic E-state index is 11.7. The quantitative estimate of drug-likeness (QED) is 0.903. The molecule has 1 aromatic rings. The summed E-state index contributed by atoms with van der Waals surface area (Å²) >= 11 is 0. The summed E-state index contributed by atoms with van der Waals surface area (Å²) in [4.78, 5) is 0. The topological polar surface area (TPSA) is 46.2 Å². The lowest BCUT2D eigenvalue weighted by Crippen LogP contribution is -2.57. The zero-order valence-corrected chi connectivity index (χ0v) is 12.7. The molecular weight excluding hydrogens is 270 g/mol. The maximum Gasteiger partial charge on any atom is 0.150 e. The molecule has 2 heterocycles. The Morgan fingerprint density at radius 1 is 1.20 bits per heavy atom. The van der Waals surface area contributed by atoms with Crippen LogP contribution in [0.5, 0.6) is 0 Å². The summed E-state index contributed by atoms with van der Waals surface area (Å²) in [6.07, 6.45) is 4.27. The number of aryl methyl sites for hydroxylation is 1. The average Bonchev–Trinajstić information content (AvgIpc) is 2.74. The molecule has 0 radical (unpaired) electrons. The standard InChI is InChI=1S/C16H23NO2S/c18-20(19)10-8-15(11-20)16(12-17-13-16)9-4-7-14-5-2-1-3-6-14/h1-3,5-6,15,17H,4,7-13H2. The van der Waals surface area contributed by atoms with Crippen molar-refractivity contribution in [2.24, 2.45) is 11.3 Å². The van der Waals surface area contributed by atoms with Crippen LogP contribution in [0, 0.1) is 11.3 Å². The Labute approximate surface area is 121 Å². The smallest absolute Gasteiger partial charge is 0.150 e. The largest absolute Gasteiger partial charge is 0.316 e. The molecule has 2 aliphatic rings. The highest BCUT2D eigenvalue weighted by Gasteiger charge is 2.47. The first-order valence-electron chi connectivity index (χ1n) is 7.55. The summed E-state index contributed by atoms with van der Waals surface area (Å²) in [6, 6.07) is 10.6. The highest BCUT2D eigenvalue weighted by atomic mass is 32.2. The Kier molecular flexibility index (Phi) is 3.87. The van der Waals surface area contributed by atoms with E-state index < -0.39 is 9.84 Å². The van der Waals surface area contributed by atoms with E-state index in [0.717, 1.165) is 38.8 Å². The van der Waals surface area contributed by atoms with Gasteiger partial charge in [0, 0.05) is 13.1 Å². The summed E-state index contributed by atoms with van der Waals surface area (Å²) < 4.78 is 23.4. The Morgan fingerprint density at radius 2 is 1.95 bits per heavy atom. The molecule has 0 aliphatic carbocycles. The molecule has 0 amide bonds. The fourth-order valence-electron chi connectivity index (χ4n) is 3.68. The minimum Gasteiger partial charge on any atom is -0.316 e. The molecule has 0 spiro atoms. The zero-order chi connectivity index (χ0) is 14.1.